The molecule has 0 aromatic heterocycles. The van der Waals surface area contributed by atoms with E-state index in [1.54, 1.807) is 26.8 Å². The van der Waals surface area contributed by atoms with Crippen LogP contribution in [0.25, 0.3) is 0 Å². The first-order chi connectivity index (χ1) is 15.5. The van der Waals surface area contributed by atoms with Gasteiger partial charge < -0.3 is 30.8 Å². The molecule has 0 saturated heterocycles. The van der Waals surface area contributed by atoms with Crippen LogP contribution < -0.4 is 21.3 Å². The van der Waals surface area contributed by atoms with Gasteiger partial charge in [0.25, 0.3) is 0 Å². The molecule has 0 aromatic carbocycles. The second kappa shape index (κ2) is 13.4. The zero-order chi connectivity index (χ0) is 25.0. The van der Waals surface area contributed by atoms with E-state index in [1.165, 1.54) is 7.05 Å². The molecule has 1 aliphatic rings. The van der Waals surface area contributed by atoms with Crippen LogP contribution in [0.3, 0.4) is 0 Å². The van der Waals surface area contributed by atoms with Gasteiger partial charge in [0.2, 0.25) is 17.7 Å². The summed E-state index contributed by atoms with van der Waals surface area (Å²) < 4.78 is 5.21. The van der Waals surface area contributed by atoms with Gasteiger partial charge in [-0.1, -0.05) is 37.6 Å². The minimum absolute atomic E-state index is 0.218. The molecule has 1 rings (SSSR count). The molecule has 0 radical (unpaired) electrons. The number of carbonyl (C=O) groups excluding carboxylic acids is 5. The molecule has 0 bridgehead atoms. The average molecular weight is 465 g/mol. The molecule has 0 heterocycles. The van der Waals surface area contributed by atoms with E-state index in [0.717, 1.165) is 0 Å². The molecule has 4 N–H and O–H groups in total. The van der Waals surface area contributed by atoms with Crippen molar-refractivity contribution in [2.45, 2.75) is 64.6 Å². The van der Waals surface area contributed by atoms with Crippen LogP contribution in [0.15, 0.2) is 24.3 Å². The molecule has 3 unspecified atom stereocenters. The highest BCUT2D eigenvalue weighted by Crippen LogP contribution is 2.16. The number of nitrogens with one attached hydrogen (secondary N) is 4. The maximum Gasteiger partial charge on any atom is 0.407 e. The van der Waals surface area contributed by atoms with Crippen LogP contribution >= 0.6 is 0 Å². The van der Waals surface area contributed by atoms with E-state index in [0.29, 0.717) is 25.5 Å². The Morgan fingerprint density at radius 2 is 1.82 bits per heavy atom. The summed E-state index contributed by atoms with van der Waals surface area (Å²) in [4.78, 5) is 61.1. The van der Waals surface area contributed by atoms with Crippen molar-refractivity contribution in [2.24, 2.45) is 11.8 Å². The fourth-order valence-electron chi connectivity index (χ4n) is 3.33. The average Bonchev–Trinajstić information content (AvgIpc) is 2.75. The molecule has 0 saturated carbocycles. The number of amides is 4. The minimum Gasteiger partial charge on any atom is -0.444 e. The molecule has 0 fully saturated rings. The zero-order valence-corrected chi connectivity index (χ0v) is 20.0. The Kier molecular flexibility index (Phi) is 11.3. The van der Waals surface area contributed by atoms with Crippen molar-refractivity contribution in [1.82, 2.24) is 21.3 Å². The Labute approximate surface area is 195 Å². The van der Waals surface area contributed by atoms with Gasteiger partial charge in [0, 0.05) is 13.0 Å². The fourth-order valence-corrected chi connectivity index (χ4v) is 3.33. The van der Waals surface area contributed by atoms with E-state index in [-0.39, 0.29) is 11.8 Å². The Hall–Kier alpha value is -3.17. The lowest BCUT2D eigenvalue weighted by Gasteiger charge is -2.26. The van der Waals surface area contributed by atoms with Gasteiger partial charge in [-0.05, 0) is 33.6 Å². The van der Waals surface area contributed by atoms with Gasteiger partial charge in [0.1, 0.15) is 23.8 Å². The number of likely N-dealkylation sites (N-methyl/N-ethyl adjacent to an activating group) is 1. The zero-order valence-electron chi connectivity index (χ0n) is 20.0. The normalized spacial score (nSPS) is 17.8. The Balaban J connectivity index is 2.74. The number of hydrogen-bond acceptors (Lipinski definition) is 6. The van der Waals surface area contributed by atoms with Crippen LogP contribution in [-0.4, -0.2) is 61.4 Å². The summed E-state index contributed by atoms with van der Waals surface area (Å²) in [6.45, 7) is 6.54. The second-order valence-corrected chi connectivity index (χ2v) is 8.79. The van der Waals surface area contributed by atoms with Gasteiger partial charge in [-0.2, -0.15) is 0 Å². The number of ether oxygens (including phenoxy) is 1. The lowest BCUT2D eigenvalue weighted by molar-refractivity contribution is -0.133. The lowest BCUT2D eigenvalue weighted by atomic mass is 9.92. The van der Waals surface area contributed by atoms with Crippen molar-refractivity contribution in [1.29, 1.82) is 0 Å². The van der Waals surface area contributed by atoms with Crippen LogP contribution in [0.2, 0.25) is 0 Å². The van der Waals surface area contributed by atoms with E-state index in [2.05, 4.69) is 21.3 Å². The molecule has 0 spiro atoms. The van der Waals surface area contributed by atoms with Gasteiger partial charge >= 0.3 is 6.09 Å². The van der Waals surface area contributed by atoms with Gasteiger partial charge in [0.15, 0.2) is 0 Å². The first kappa shape index (κ1) is 27.9. The summed E-state index contributed by atoms with van der Waals surface area (Å²) in [5.41, 5.74) is -0.734. The maximum absolute atomic E-state index is 12.6. The number of allylic oxidation sites excluding steroid dienone is 3. The van der Waals surface area contributed by atoms with E-state index in [9.17, 15) is 24.0 Å². The number of carbonyl (C=O) groups is 5. The Morgan fingerprint density at radius 1 is 1.12 bits per heavy atom. The summed E-state index contributed by atoms with van der Waals surface area (Å²) in [5, 5.41) is 10.2. The van der Waals surface area contributed by atoms with E-state index in [4.69, 9.17) is 4.74 Å². The van der Waals surface area contributed by atoms with Crippen molar-refractivity contribution < 1.29 is 28.7 Å². The summed E-state index contributed by atoms with van der Waals surface area (Å²) in [7, 11) is 1.48. The summed E-state index contributed by atoms with van der Waals surface area (Å²) >= 11 is 0. The van der Waals surface area contributed by atoms with Crippen LogP contribution in [0, 0.1) is 11.8 Å². The molecule has 33 heavy (non-hydrogen) atoms. The Bertz CT molecular complexity index is 771. The SMILES string of the molecule is CCCC(NC(=O)OC(C)(C)C)C(C=O)C(=O)NCC(=O)N[C@H](C(=O)NC)C1C=CC=CC1. The topological polar surface area (TPSA) is 143 Å². The number of alkyl carbamates (subject to hydrolysis) is 1. The third-order valence-corrected chi connectivity index (χ3v) is 4.90. The second-order valence-electron chi connectivity index (χ2n) is 8.79. The summed E-state index contributed by atoms with van der Waals surface area (Å²) in [6.07, 6.45) is 8.66. The van der Waals surface area contributed by atoms with Crippen LogP contribution in [0.1, 0.15) is 47.0 Å². The third-order valence-electron chi connectivity index (χ3n) is 4.90. The first-order valence-electron chi connectivity index (χ1n) is 11.1. The largest absolute Gasteiger partial charge is 0.444 e. The number of rotatable bonds is 11. The lowest BCUT2D eigenvalue weighted by Crippen LogP contribution is -2.53. The van der Waals surface area contributed by atoms with Crippen molar-refractivity contribution in [2.75, 3.05) is 13.6 Å². The predicted octanol–water partition coefficient (Wildman–Crippen LogP) is 0.974. The van der Waals surface area contributed by atoms with Crippen LogP contribution in [-0.2, 0) is 23.9 Å². The quantitative estimate of drug-likeness (QED) is 0.265. The van der Waals surface area contributed by atoms with E-state index < -0.39 is 48.1 Å². The molecular weight excluding hydrogens is 428 g/mol. The van der Waals surface area contributed by atoms with Crippen molar-refractivity contribution in [3.8, 4) is 0 Å². The smallest absolute Gasteiger partial charge is 0.407 e. The fraction of sp³-hybridized carbons (Fsp3) is 0.609. The van der Waals surface area contributed by atoms with Crippen molar-refractivity contribution in [3.05, 3.63) is 24.3 Å². The van der Waals surface area contributed by atoms with E-state index in [1.807, 2.05) is 25.2 Å². The molecular formula is C23H36N4O6. The molecule has 4 amide bonds. The van der Waals surface area contributed by atoms with Crippen LogP contribution in [0.5, 0.6) is 0 Å². The molecule has 4 atom stereocenters. The molecule has 184 valence electrons. The van der Waals surface area contributed by atoms with Gasteiger partial charge in [-0.25, -0.2) is 4.79 Å². The standard InChI is InChI=1S/C23H36N4O6/c1-6-10-17(26-22(32)33-23(2,3)4)16(14-28)20(30)25-13-18(29)27-19(21(31)24-5)15-11-8-7-9-12-15/h7-9,11,14-17,19H,6,10,12-13H2,1-5H3,(H,24,31)(H,25,30)(H,26,32)(H,27,29)/t15?,16?,17?,19-/m0/s1. The highest BCUT2D eigenvalue weighted by atomic mass is 16.6. The first-order valence-corrected chi connectivity index (χ1v) is 11.1. The van der Waals surface area contributed by atoms with E-state index >= 15 is 0 Å². The number of hydrogen-bond donors (Lipinski definition) is 4. The number of aldehydes is 1. The minimum atomic E-state index is -1.20. The summed E-state index contributed by atoms with van der Waals surface area (Å²) in [5.74, 6) is -3.05. The molecule has 0 aliphatic heterocycles. The molecule has 10 nitrogen and oxygen atoms in total. The van der Waals surface area contributed by atoms with Crippen molar-refractivity contribution >= 4 is 30.1 Å². The van der Waals surface area contributed by atoms with Gasteiger partial charge in [-0.3, -0.25) is 14.4 Å². The van der Waals surface area contributed by atoms with Gasteiger partial charge in [0.05, 0.1) is 12.6 Å². The molecule has 10 heteroatoms. The highest BCUT2D eigenvalue weighted by molar-refractivity contribution is 5.96. The summed E-state index contributed by atoms with van der Waals surface area (Å²) in [6, 6.07) is -1.59. The maximum atomic E-state index is 12.6. The Morgan fingerprint density at radius 3 is 2.33 bits per heavy atom. The molecule has 0 aromatic rings. The molecule has 1 aliphatic carbocycles. The predicted molar refractivity (Wildman–Crippen MR) is 123 cm³/mol. The highest BCUT2D eigenvalue weighted by Gasteiger charge is 2.31. The third kappa shape index (κ3) is 9.88. The van der Waals surface area contributed by atoms with Crippen LogP contribution in [0.4, 0.5) is 4.79 Å². The van der Waals surface area contributed by atoms with Gasteiger partial charge in [-0.15, -0.1) is 0 Å². The van der Waals surface area contributed by atoms with Crippen molar-refractivity contribution in [3.63, 3.8) is 0 Å². The monoisotopic (exact) mass is 464 g/mol.